The highest BCUT2D eigenvalue weighted by atomic mass is 16.5. The zero-order valence-corrected chi connectivity index (χ0v) is 10.8. The Kier molecular flexibility index (Phi) is 4.05. The molecule has 1 saturated carbocycles. The van der Waals surface area contributed by atoms with Gasteiger partial charge in [-0.15, -0.1) is 0 Å². The van der Waals surface area contributed by atoms with Gasteiger partial charge in [0.15, 0.2) is 0 Å². The number of amides is 1. The van der Waals surface area contributed by atoms with Gasteiger partial charge >= 0.3 is 0 Å². The number of nitrogens with zero attached hydrogens (tertiary/aromatic N) is 1. The number of nitrogens with two attached hydrogens (primary N) is 1. The van der Waals surface area contributed by atoms with Gasteiger partial charge in [-0.1, -0.05) is 12.8 Å². The van der Waals surface area contributed by atoms with Gasteiger partial charge in [0.1, 0.15) is 0 Å². The molecule has 1 saturated heterocycles. The highest BCUT2D eigenvalue weighted by molar-refractivity contribution is 5.86. The second kappa shape index (κ2) is 5.36. The van der Waals surface area contributed by atoms with Crippen LogP contribution >= 0.6 is 0 Å². The molecule has 1 amide bonds. The van der Waals surface area contributed by atoms with E-state index in [2.05, 4.69) is 0 Å². The largest absolute Gasteiger partial charge is 0.378 e. The molecule has 2 fully saturated rings. The van der Waals surface area contributed by atoms with Gasteiger partial charge in [0.2, 0.25) is 5.91 Å². The third-order valence-corrected chi connectivity index (χ3v) is 4.05. The minimum Gasteiger partial charge on any atom is -0.378 e. The average molecular weight is 240 g/mol. The number of carbonyl (C=O) groups is 1. The molecule has 17 heavy (non-hydrogen) atoms. The lowest BCUT2D eigenvalue weighted by atomic mass is 9.95. The van der Waals surface area contributed by atoms with Crippen LogP contribution in [0.5, 0.6) is 0 Å². The van der Waals surface area contributed by atoms with Crippen LogP contribution in [0.4, 0.5) is 0 Å². The smallest absolute Gasteiger partial charge is 0.242 e. The van der Waals surface area contributed by atoms with E-state index in [1.165, 1.54) is 0 Å². The van der Waals surface area contributed by atoms with Crippen molar-refractivity contribution in [3.8, 4) is 0 Å². The summed E-state index contributed by atoms with van der Waals surface area (Å²) < 4.78 is 5.59. The second-order valence-corrected chi connectivity index (χ2v) is 5.31. The van der Waals surface area contributed by atoms with Gasteiger partial charge in [-0.25, -0.2) is 0 Å². The van der Waals surface area contributed by atoms with Crippen LogP contribution in [-0.4, -0.2) is 42.1 Å². The van der Waals surface area contributed by atoms with Crippen molar-refractivity contribution in [1.29, 1.82) is 0 Å². The number of hydrogen-bond acceptors (Lipinski definition) is 3. The lowest BCUT2D eigenvalue weighted by Gasteiger charge is -2.36. The summed E-state index contributed by atoms with van der Waals surface area (Å²) in [5.74, 6) is 0.171. The van der Waals surface area contributed by atoms with Crippen molar-refractivity contribution in [2.75, 3.05) is 19.7 Å². The molecule has 4 nitrogen and oxygen atoms in total. The molecule has 1 heterocycles. The highest BCUT2D eigenvalue weighted by Crippen LogP contribution is 2.30. The van der Waals surface area contributed by atoms with Crippen molar-refractivity contribution >= 4 is 5.91 Å². The summed E-state index contributed by atoms with van der Waals surface area (Å²) in [6, 6.07) is 0. The number of hydrogen-bond donors (Lipinski definition) is 1. The molecular formula is C13H24N2O2. The maximum atomic E-state index is 12.3. The molecule has 0 aromatic carbocycles. The van der Waals surface area contributed by atoms with Crippen LogP contribution in [0.2, 0.25) is 0 Å². The number of rotatable bonds is 3. The molecule has 1 aliphatic heterocycles. The number of carbonyl (C=O) groups excluding carboxylic acids is 1. The van der Waals surface area contributed by atoms with Crippen LogP contribution in [0.25, 0.3) is 0 Å². The van der Waals surface area contributed by atoms with Crippen molar-refractivity contribution in [3.63, 3.8) is 0 Å². The van der Waals surface area contributed by atoms with Crippen molar-refractivity contribution in [1.82, 2.24) is 4.90 Å². The molecule has 2 aliphatic rings. The fourth-order valence-electron chi connectivity index (χ4n) is 3.00. The topological polar surface area (TPSA) is 55.6 Å². The van der Waals surface area contributed by atoms with E-state index >= 15 is 0 Å². The van der Waals surface area contributed by atoms with Crippen LogP contribution in [0.15, 0.2) is 0 Å². The van der Waals surface area contributed by atoms with E-state index in [9.17, 15) is 4.79 Å². The van der Waals surface area contributed by atoms with E-state index < -0.39 is 5.54 Å². The third kappa shape index (κ3) is 2.80. The van der Waals surface area contributed by atoms with Gasteiger partial charge in [0.05, 0.1) is 11.6 Å². The first-order valence-electron chi connectivity index (χ1n) is 6.85. The first kappa shape index (κ1) is 12.8. The van der Waals surface area contributed by atoms with E-state index in [0.29, 0.717) is 6.10 Å². The standard InChI is InChI=1S/C13H24N2O2/c1-2-17-11-5-9-15(10-6-11)12(16)13(14)7-3-4-8-13/h11H,2-10,14H2,1H3. The molecular weight excluding hydrogens is 216 g/mol. The Morgan fingerprint density at radius 3 is 2.47 bits per heavy atom. The Bertz CT molecular complexity index is 267. The van der Waals surface area contributed by atoms with Gasteiger partial charge < -0.3 is 15.4 Å². The van der Waals surface area contributed by atoms with Crippen LogP contribution in [0.3, 0.4) is 0 Å². The summed E-state index contributed by atoms with van der Waals surface area (Å²) in [5, 5.41) is 0. The maximum Gasteiger partial charge on any atom is 0.242 e. The van der Waals surface area contributed by atoms with Crippen LogP contribution in [0, 0.1) is 0 Å². The zero-order valence-electron chi connectivity index (χ0n) is 10.8. The quantitative estimate of drug-likeness (QED) is 0.808. The van der Waals surface area contributed by atoms with Crippen molar-refractivity contribution < 1.29 is 9.53 Å². The summed E-state index contributed by atoms with van der Waals surface area (Å²) in [6.07, 6.45) is 6.15. The van der Waals surface area contributed by atoms with E-state index in [1.807, 2.05) is 11.8 Å². The fourth-order valence-corrected chi connectivity index (χ4v) is 3.00. The van der Waals surface area contributed by atoms with Crippen LogP contribution < -0.4 is 5.73 Å². The average Bonchev–Trinajstić information content (AvgIpc) is 2.78. The summed E-state index contributed by atoms with van der Waals surface area (Å²) in [6.45, 7) is 4.40. The molecule has 0 unspecified atom stereocenters. The fraction of sp³-hybridized carbons (Fsp3) is 0.923. The minimum atomic E-state index is -0.557. The van der Waals surface area contributed by atoms with Crippen molar-refractivity contribution in [3.05, 3.63) is 0 Å². The second-order valence-electron chi connectivity index (χ2n) is 5.31. The van der Waals surface area contributed by atoms with E-state index in [-0.39, 0.29) is 5.91 Å². The van der Waals surface area contributed by atoms with E-state index in [4.69, 9.17) is 10.5 Å². The third-order valence-electron chi connectivity index (χ3n) is 4.05. The molecule has 2 N–H and O–H groups in total. The monoisotopic (exact) mass is 240 g/mol. The summed E-state index contributed by atoms with van der Waals surface area (Å²) in [5.41, 5.74) is 5.65. The summed E-state index contributed by atoms with van der Waals surface area (Å²) >= 11 is 0. The molecule has 0 atom stereocenters. The summed E-state index contributed by atoms with van der Waals surface area (Å²) in [7, 11) is 0. The number of likely N-dealkylation sites (tertiary alicyclic amines) is 1. The molecule has 1 aliphatic carbocycles. The number of piperidine rings is 1. The normalized spacial score (nSPS) is 25.2. The molecule has 0 aromatic rings. The predicted molar refractivity (Wildman–Crippen MR) is 66.6 cm³/mol. The predicted octanol–water partition coefficient (Wildman–Crippen LogP) is 1.29. The molecule has 0 aromatic heterocycles. The Labute approximate surface area is 103 Å². The molecule has 0 spiro atoms. The minimum absolute atomic E-state index is 0.171. The Morgan fingerprint density at radius 1 is 1.35 bits per heavy atom. The lowest BCUT2D eigenvalue weighted by Crippen LogP contribution is -2.55. The Hall–Kier alpha value is -0.610. The zero-order chi connectivity index (χ0) is 12.3. The SMILES string of the molecule is CCOC1CCN(C(=O)C2(N)CCCC2)CC1. The van der Waals surface area contributed by atoms with Gasteiger partial charge in [-0.3, -0.25) is 4.79 Å². The first-order valence-corrected chi connectivity index (χ1v) is 6.85. The van der Waals surface area contributed by atoms with Crippen LogP contribution in [0.1, 0.15) is 45.4 Å². The van der Waals surface area contributed by atoms with E-state index in [0.717, 1.165) is 58.2 Å². The molecule has 0 radical (unpaired) electrons. The lowest BCUT2D eigenvalue weighted by molar-refractivity contribution is -0.139. The maximum absolute atomic E-state index is 12.3. The highest BCUT2D eigenvalue weighted by Gasteiger charge is 2.40. The van der Waals surface area contributed by atoms with E-state index in [1.54, 1.807) is 0 Å². The Balaban J connectivity index is 1.86. The van der Waals surface area contributed by atoms with Gasteiger partial charge in [-0.05, 0) is 32.6 Å². The van der Waals surface area contributed by atoms with Crippen molar-refractivity contribution in [2.24, 2.45) is 5.73 Å². The van der Waals surface area contributed by atoms with Gasteiger partial charge in [0.25, 0.3) is 0 Å². The number of ether oxygens (including phenoxy) is 1. The molecule has 0 bridgehead atoms. The van der Waals surface area contributed by atoms with Gasteiger partial charge in [-0.2, -0.15) is 0 Å². The Morgan fingerprint density at radius 2 is 1.94 bits per heavy atom. The van der Waals surface area contributed by atoms with Crippen molar-refractivity contribution in [2.45, 2.75) is 57.1 Å². The molecule has 2 rings (SSSR count). The molecule has 98 valence electrons. The molecule has 4 heteroatoms. The summed E-state index contributed by atoms with van der Waals surface area (Å²) in [4.78, 5) is 14.3. The van der Waals surface area contributed by atoms with Crippen LogP contribution in [-0.2, 0) is 9.53 Å². The van der Waals surface area contributed by atoms with Gasteiger partial charge in [0, 0.05) is 19.7 Å². The first-order chi connectivity index (χ1) is 8.15.